The molecule has 0 spiro atoms. The van der Waals surface area contributed by atoms with Crippen molar-refractivity contribution in [3.05, 3.63) is 60.4 Å². The SMILES string of the molecule is Cc1nc(SCC(=O)Nc2ccc(Nc3ccccc3)cc2)n[nH]1. The maximum absolute atomic E-state index is 12.0. The molecule has 0 unspecified atom stereocenters. The molecule has 24 heavy (non-hydrogen) atoms. The molecule has 0 aliphatic heterocycles. The molecule has 1 aromatic heterocycles. The number of hydrogen-bond donors (Lipinski definition) is 3. The lowest BCUT2D eigenvalue weighted by atomic mass is 10.2. The molecule has 0 aliphatic rings. The van der Waals surface area contributed by atoms with E-state index in [2.05, 4.69) is 25.8 Å². The van der Waals surface area contributed by atoms with Crippen LogP contribution in [0.3, 0.4) is 0 Å². The minimum Gasteiger partial charge on any atom is -0.356 e. The number of hydrogen-bond acceptors (Lipinski definition) is 5. The molecule has 0 radical (unpaired) electrons. The Hall–Kier alpha value is -2.80. The zero-order valence-electron chi connectivity index (χ0n) is 13.1. The summed E-state index contributed by atoms with van der Waals surface area (Å²) in [6.07, 6.45) is 0. The number of aromatic amines is 1. The van der Waals surface area contributed by atoms with Crippen molar-refractivity contribution in [2.75, 3.05) is 16.4 Å². The van der Waals surface area contributed by atoms with Crippen LogP contribution in [0.2, 0.25) is 0 Å². The van der Waals surface area contributed by atoms with E-state index in [1.165, 1.54) is 11.8 Å². The topological polar surface area (TPSA) is 82.7 Å². The van der Waals surface area contributed by atoms with E-state index in [-0.39, 0.29) is 11.7 Å². The van der Waals surface area contributed by atoms with Crippen molar-refractivity contribution < 1.29 is 4.79 Å². The Kier molecular flexibility index (Phi) is 5.12. The van der Waals surface area contributed by atoms with Crippen LogP contribution in [0, 0.1) is 6.92 Å². The van der Waals surface area contributed by atoms with E-state index < -0.39 is 0 Å². The highest BCUT2D eigenvalue weighted by Crippen LogP contribution is 2.19. The van der Waals surface area contributed by atoms with Crippen molar-refractivity contribution in [2.24, 2.45) is 0 Å². The highest BCUT2D eigenvalue weighted by molar-refractivity contribution is 7.99. The normalized spacial score (nSPS) is 10.4. The number of anilines is 3. The molecule has 122 valence electrons. The molecule has 3 rings (SSSR count). The number of aryl methyl sites for hydroxylation is 1. The van der Waals surface area contributed by atoms with Gasteiger partial charge in [0.15, 0.2) is 0 Å². The summed E-state index contributed by atoms with van der Waals surface area (Å²) < 4.78 is 0. The van der Waals surface area contributed by atoms with Crippen molar-refractivity contribution in [1.82, 2.24) is 15.2 Å². The van der Waals surface area contributed by atoms with Crippen LogP contribution in [0.4, 0.5) is 17.1 Å². The number of nitrogens with one attached hydrogen (secondary N) is 3. The van der Waals surface area contributed by atoms with Crippen LogP contribution in [0.25, 0.3) is 0 Å². The minimum atomic E-state index is -0.0915. The number of carbonyl (C=O) groups is 1. The number of rotatable bonds is 6. The van der Waals surface area contributed by atoms with Gasteiger partial charge in [0.2, 0.25) is 11.1 Å². The monoisotopic (exact) mass is 339 g/mol. The van der Waals surface area contributed by atoms with Crippen molar-refractivity contribution in [3.8, 4) is 0 Å². The van der Waals surface area contributed by atoms with Crippen LogP contribution in [-0.4, -0.2) is 26.8 Å². The first-order valence-electron chi connectivity index (χ1n) is 7.43. The summed E-state index contributed by atoms with van der Waals surface area (Å²) in [5, 5.41) is 13.5. The van der Waals surface area contributed by atoms with Gasteiger partial charge in [0.25, 0.3) is 0 Å². The summed E-state index contributed by atoms with van der Waals surface area (Å²) in [6.45, 7) is 1.82. The van der Waals surface area contributed by atoms with Crippen molar-refractivity contribution in [1.29, 1.82) is 0 Å². The predicted octanol–water partition coefficient (Wildman–Crippen LogP) is 3.59. The molecular formula is C17H17N5OS. The predicted molar refractivity (Wildman–Crippen MR) is 96.6 cm³/mol. The number of para-hydroxylation sites is 1. The molecule has 0 saturated heterocycles. The van der Waals surface area contributed by atoms with Gasteiger partial charge < -0.3 is 10.6 Å². The molecule has 7 heteroatoms. The first-order chi connectivity index (χ1) is 11.7. The summed E-state index contributed by atoms with van der Waals surface area (Å²) in [6, 6.07) is 17.5. The third kappa shape index (κ3) is 4.60. The van der Waals surface area contributed by atoms with E-state index in [1.54, 1.807) is 0 Å². The van der Waals surface area contributed by atoms with Crippen molar-refractivity contribution in [3.63, 3.8) is 0 Å². The van der Waals surface area contributed by atoms with Gasteiger partial charge in [0.05, 0.1) is 5.75 Å². The largest absolute Gasteiger partial charge is 0.356 e. The summed E-state index contributed by atoms with van der Waals surface area (Å²) in [7, 11) is 0. The van der Waals surface area contributed by atoms with Crippen molar-refractivity contribution in [2.45, 2.75) is 12.1 Å². The standard InChI is InChI=1S/C17H17N5OS/c1-12-18-17(22-21-12)24-11-16(23)20-15-9-7-14(8-10-15)19-13-5-3-2-4-6-13/h2-10,19H,11H2,1H3,(H,20,23)(H,18,21,22). The molecule has 0 saturated carbocycles. The second-order valence-corrected chi connectivity index (χ2v) is 6.05. The third-order valence-electron chi connectivity index (χ3n) is 3.14. The maximum Gasteiger partial charge on any atom is 0.234 e. The van der Waals surface area contributed by atoms with Gasteiger partial charge in [-0.1, -0.05) is 30.0 Å². The van der Waals surface area contributed by atoms with Gasteiger partial charge in [-0.25, -0.2) is 4.98 Å². The van der Waals surface area contributed by atoms with Crippen LogP contribution in [0.1, 0.15) is 5.82 Å². The second-order valence-electron chi connectivity index (χ2n) is 5.11. The van der Waals surface area contributed by atoms with Gasteiger partial charge in [-0.2, -0.15) is 0 Å². The number of benzene rings is 2. The van der Waals surface area contributed by atoms with Gasteiger partial charge in [0.1, 0.15) is 5.82 Å². The zero-order valence-corrected chi connectivity index (χ0v) is 13.9. The lowest BCUT2D eigenvalue weighted by Gasteiger charge is -2.08. The molecule has 6 nitrogen and oxygen atoms in total. The van der Waals surface area contributed by atoms with E-state index in [4.69, 9.17) is 0 Å². The van der Waals surface area contributed by atoms with E-state index in [1.807, 2.05) is 61.5 Å². The van der Waals surface area contributed by atoms with Crippen LogP contribution in [0.15, 0.2) is 59.8 Å². The maximum atomic E-state index is 12.0. The minimum absolute atomic E-state index is 0.0915. The molecule has 2 aromatic carbocycles. The van der Waals surface area contributed by atoms with Crippen LogP contribution in [-0.2, 0) is 4.79 Å². The Labute approximate surface area is 144 Å². The van der Waals surface area contributed by atoms with E-state index in [9.17, 15) is 4.79 Å². The summed E-state index contributed by atoms with van der Waals surface area (Å²) in [4.78, 5) is 16.1. The molecule has 3 aromatic rings. The fraction of sp³-hybridized carbons (Fsp3) is 0.118. The Balaban J connectivity index is 1.51. The Morgan fingerprint density at radius 1 is 1.04 bits per heavy atom. The molecule has 3 N–H and O–H groups in total. The Morgan fingerprint density at radius 3 is 2.38 bits per heavy atom. The van der Waals surface area contributed by atoms with E-state index in [0.29, 0.717) is 5.16 Å². The first-order valence-corrected chi connectivity index (χ1v) is 8.41. The average molecular weight is 339 g/mol. The number of thioether (sulfide) groups is 1. The van der Waals surface area contributed by atoms with E-state index >= 15 is 0 Å². The van der Waals surface area contributed by atoms with Gasteiger partial charge in [-0.3, -0.25) is 9.89 Å². The number of aromatic nitrogens is 3. The zero-order chi connectivity index (χ0) is 16.8. The Bertz CT molecular complexity index is 801. The fourth-order valence-electron chi connectivity index (χ4n) is 2.04. The lowest BCUT2D eigenvalue weighted by molar-refractivity contribution is -0.113. The molecular weight excluding hydrogens is 322 g/mol. The number of amides is 1. The first kappa shape index (κ1) is 16.1. The van der Waals surface area contributed by atoms with Gasteiger partial charge >= 0.3 is 0 Å². The molecule has 0 atom stereocenters. The Morgan fingerprint density at radius 2 is 1.71 bits per heavy atom. The second kappa shape index (κ2) is 7.65. The number of nitrogens with zero attached hydrogens (tertiary/aromatic N) is 2. The lowest BCUT2D eigenvalue weighted by Crippen LogP contribution is -2.14. The number of carbonyl (C=O) groups excluding carboxylic acids is 1. The highest BCUT2D eigenvalue weighted by Gasteiger charge is 2.07. The quantitative estimate of drug-likeness (QED) is 0.598. The summed E-state index contributed by atoms with van der Waals surface area (Å²) in [5.74, 6) is 0.909. The summed E-state index contributed by atoms with van der Waals surface area (Å²) in [5.41, 5.74) is 2.74. The molecule has 1 amide bonds. The highest BCUT2D eigenvalue weighted by atomic mass is 32.2. The molecule has 1 heterocycles. The fourth-order valence-corrected chi connectivity index (χ4v) is 2.68. The molecule has 0 aliphatic carbocycles. The van der Waals surface area contributed by atoms with Gasteiger partial charge in [-0.05, 0) is 43.3 Å². The molecule has 0 bridgehead atoms. The third-order valence-corrected chi connectivity index (χ3v) is 3.99. The van der Waals surface area contributed by atoms with E-state index in [0.717, 1.165) is 22.9 Å². The van der Waals surface area contributed by atoms with Crippen LogP contribution < -0.4 is 10.6 Å². The van der Waals surface area contributed by atoms with Crippen molar-refractivity contribution >= 4 is 34.7 Å². The average Bonchev–Trinajstić information content (AvgIpc) is 3.01. The van der Waals surface area contributed by atoms with Crippen LogP contribution in [0.5, 0.6) is 0 Å². The number of H-pyrrole nitrogens is 1. The van der Waals surface area contributed by atoms with Gasteiger partial charge in [-0.15, -0.1) is 5.10 Å². The molecule has 0 fully saturated rings. The smallest absolute Gasteiger partial charge is 0.234 e. The summed E-state index contributed by atoms with van der Waals surface area (Å²) >= 11 is 1.30. The van der Waals surface area contributed by atoms with Crippen LogP contribution >= 0.6 is 11.8 Å². The van der Waals surface area contributed by atoms with Gasteiger partial charge in [0, 0.05) is 17.1 Å².